The Hall–Kier alpha value is 0.960. The molecule has 0 fully saturated rings. The first-order valence-electron chi connectivity index (χ1n) is 21.4. The van der Waals surface area contributed by atoms with Crippen molar-refractivity contribution in [2.75, 3.05) is 0 Å². The Morgan fingerprint density at radius 3 is 0.549 bits per heavy atom. The van der Waals surface area contributed by atoms with Crippen LogP contribution in [0.15, 0.2) is 0 Å². The maximum absolute atomic E-state index is 6.23. The van der Waals surface area contributed by atoms with Crippen LogP contribution in [0.2, 0.25) is 0 Å². The predicted molar refractivity (Wildman–Crippen MR) is 244 cm³/mol. The monoisotopic (exact) mass is 815 g/mol. The van der Waals surface area contributed by atoms with Crippen LogP contribution in [0.4, 0.5) is 0 Å². The van der Waals surface area contributed by atoms with Gasteiger partial charge in [0.15, 0.2) is 0 Å². The number of rotatable bonds is 36. The summed E-state index contributed by atoms with van der Waals surface area (Å²) in [6.07, 6.45) is 44.7. The Labute approximate surface area is 346 Å². The molecule has 0 aliphatic rings. The summed E-state index contributed by atoms with van der Waals surface area (Å²) in [6, 6.07) is 1.62. The molecule has 0 rings (SSSR count). The van der Waals surface area contributed by atoms with Gasteiger partial charge >= 0.3 is 0 Å². The van der Waals surface area contributed by atoms with Gasteiger partial charge in [0, 0.05) is 24.2 Å². The van der Waals surface area contributed by atoms with Crippen molar-refractivity contribution in [1.82, 2.24) is 0 Å². The third-order valence-electron chi connectivity index (χ3n) is 10.0. The fourth-order valence-electron chi connectivity index (χ4n) is 6.61. The van der Waals surface area contributed by atoms with E-state index in [2.05, 4.69) is 27.7 Å². The van der Waals surface area contributed by atoms with E-state index < -0.39 is 0 Å². The second-order valence-electron chi connectivity index (χ2n) is 15.1. The summed E-state index contributed by atoms with van der Waals surface area (Å²) >= 11 is 0. The van der Waals surface area contributed by atoms with Crippen LogP contribution in [0.3, 0.4) is 0 Å². The molecule has 0 radical (unpaired) electrons. The summed E-state index contributed by atoms with van der Waals surface area (Å²) in [5.41, 5.74) is 24.9. The molecule has 51 heavy (non-hydrogen) atoms. The van der Waals surface area contributed by atoms with E-state index in [1.165, 1.54) is 218 Å². The van der Waals surface area contributed by atoms with Crippen LogP contribution in [-0.4, -0.2) is 29.6 Å². The number of hydrogen-bond donors (Lipinski definition) is 4. The smallest absolute Gasteiger partial charge is 0.00388 e. The number of nitrogens with two attached hydrogens (primary N) is 4. The highest BCUT2D eigenvalue weighted by atomic mass is 35.5. The highest BCUT2D eigenvalue weighted by Gasteiger charge is 2.08. The molecule has 0 amide bonds. The number of halogens is 4. The van der Waals surface area contributed by atoms with E-state index >= 15 is 0 Å². The molecule has 0 spiro atoms. The maximum atomic E-state index is 6.23. The SMILES string of the molecule is CCCCCCCCC(N)CCCC(N)CCCCCCCC.CCCCCCCCC(N)CCCC(N)CCCCCCCC.Cl.Cl.Cl.Cl.O. The van der Waals surface area contributed by atoms with Crippen LogP contribution in [-0.2, 0) is 0 Å². The van der Waals surface area contributed by atoms with E-state index in [0.29, 0.717) is 24.2 Å². The zero-order valence-electron chi connectivity index (χ0n) is 34.8. The van der Waals surface area contributed by atoms with Gasteiger partial charge in [-0.2, -0.15) is 0 Å². The highest BCUT2D eigenvalue weighted by molar-refractivity contribution is 5.86. The van der Waals surface area contributed by atoms with Crippen LogP contribution in [0, 0.1) is 0 Å². The molecule has 0 heterocycles. The van der Waals surface area contributed by atoms with Crippen molar-refractivity contribution < 1.29 is 5.48 Å². The van der Waals surface area contributed by atoms with E-state index in [-0.39, 0.29) is 55.1 Å². The minimum Gasteiger partial charge on any atom is -0.412 e. The van der Waals surface area contributed by atoms with Crippen molar-refractivity contribution in [3.63, 3.8) is 0 Å². The summed E-state index contributed by atoms with van der Waals surface area (Å²) in [7, 11) is 0. The average molecular weight is 817 g/mol. The molecule has 0 aromatic rings. The molecule has 0 saturated heterocycles. The Morgan fingerprint density at radius 1 is 0.235 bits per heavy atom. The van der Waals surface area contributed by atoms with Crippen molar-refractivity contribution in [2.24, 2.45) is 22.9 Å². The zero-order valence-corrected chi connectivity index (χ0v) is 38.1. The van der Waals surface area contributed by atoms with Gasteiger partial charge in [-0.1, -0.05) is 195 Å². The van der Waals surface area contributed by atoms with Crippen LogP contribution in [0.1, 0.15) is 246 Å². The summed E-state index contributed by atoms with van der Waals surface area (Å²) in [4.78, 5) is 0. The lowest BCUT2D eigenvalue weighted by atomic mass is 9.98. The first kappa shape index (κ1) is 66.8. The average Bonchev–Trinajstić information content (AvgIpc) is 3.04. The van der Waals surface area contributed by atoms with E-state index in [4.69, 9.17) is 22.9 Å². The lowest BCUT2D eigenvalue weighted by molar-refractivity contribution is 0.455. The minimum atomic E-state index is 0. The zero-order chi connectivity index (χ0) is 34.4. The molecule has 0 aromatic carbocycles. The van der Waals surface area contributed by atoms with Crippen molar-refractivity contribution in [2.45, 2.75) is 270 Å². The maximum Gasteiger partial charge on any atom is 0.00388 e. The lowest BCUT2D eigenvalue weighted by Crippen LogP contribution is -2.23. The van der Waals surface area contributed by atoms with Gasteiger partial charge in [-0.15, -0.1) is 49.6 Å². The van der Waals surface area contributed by atoms with E-state index in [0.717, 1.165) is 0 Å². The topological polar surface area (TPSA) is 136 Å². The van der Waals surface area contributed by atoms with Gasteiger partial charge in [0.25, 0.3) is 0 Å². The summed E-state index contributed by atoms with van der Waals surface area (Å²) < 4.78 is 0. The molecule has 0 aliphatic heterocycles. The van der Waals surface area contributed by atoms with Gasteiger partial charge in [-0.05, 0) is 51.4 Å². The Morgan fingerprint density at radius 2 is 0.373 bits per heavy atom. The fraction of sp³-hybridized carbons (Fsp3) is 1.00. The fourth-order valence-corrected chi connectivity index (χ4v) is 6.61. The first-order valence-corrected chi connectivity index (χ1v) is 21.4. The van der Waals surface area contributed by atoms with Gasteiger partial charge in [0.1, 0.15) is 0 Å². The van der Waals surface area contributed by atoms with Crippen molar-refractivity contribution >= 4 is 49.6 Å². The van der Waals surface area contributed by atoms with Crippen molar-refractivity contribution in [3.8, 4) is 0 Å². The molecule has 0 saturated carbocycles. The largest absolute Gasteiger partial charge is 0.412 e. The summed E-state index contributed by atoms with van der Waals surface area (Å²) in [6.45, 7) is 9.08. The second kappa shape index (κ2) is 57.7. The molecule has 10 N–H and O–H groups in total. The Bertz CT molecular complexity index is 465. The second-order valence-corrected chi connectivity index (χ2v) is 15.1. The lowest BCUT2D eigenvalue weighted by Gasteiger charge is -2.14. The third-order valence-corrected chi connectivity index (χ3v) is 10.0. The molecule has 9 heteroatoms. The Balaban J connectivity index is -0.000000138. The quantitative estimate of drug-likeness (QED) is 0.0468. The predicted octanol–water partition coefficient (Wildman–Crippen LogP) is 13.5. The summed E-state index contributed by atoms with van der Waals surface area (Å²) in [5, 5.41) is 0. The van der Waals surface area contributed by atoms with Crippen LogP contribution < -0.4 is 22.9 Å². The van der Waals surface area contributed by atoms with E-state index in [1.54, 1.807) is 0 Å². The standard InChI is InChI=1S/2C21H46N2.4ClH.H2O/c2*1-3-5-7-9-11-13-16-20(22)18-15-19-21(23)17-14-12-10-8-6-4-2;;;;;/h2*20-21H,3-19,22-23H2,1-2H3;4*1H;1H2. The van der Waals surface area contributed by atoms with Gasteiger partial charge in [-0.3, -0.25) is 0 Å². The molecular weight excluding hydrogens is 718 g/mol. The van der Waals surface area contributed by atoms with E-state index in [1.807, 2.05) is 0 Å². The summed E-state index contributed by atoms with van der Waals surface area (Å²) in [5.74, 6) is 0. The third kappa shape index (κ3) is 60.4. The molecular formula is C42H98Cl4N4O. The van der Waals surface area contributed by atoms with Gasteiger partial charge in [0.05, 0.1) is 0 Å². The molecule has 4 unspecified atom stereocenters. The van der Waals surface area contributed by atoms with Gasteiger partial charge < -0.3 is 28.4 Å². The van der Waals surface area contributed by atoms with E-state index in [9.17, 15) is 0 Å². The van der Waals surface area contributed by atoms with Gasteiger partial charge in [-0.25, -0.2) is 0 Å². The molecule has 4 atom stereocenters. The molecule has 0 aromatic heterocycles. The van der Waals surface area contributed by atoms with Crippen LogP contribution >= 0.6 is 49.6 Å². The van der Waals surface area contributed by atoms with Crippen molar-refractivity contribution in [3.05, 3.63) is 0 Å². The molecule has 0 bridgehead atoms. The van der Waals surface area contributed by atoms with Crippen LogP contribution in [0.25, 0.3) is 0 Å². The number of unbranched alkanes of at least 4 members (excludes halogenated alkanes) is 20. The molecule has 320 valence electrons. The molecule has 0 aliphatic carbocycles. The highest BCUT2D eigenvalue weighted by Crippen LogP contribution is 2.16. The molecule has 5 nitrogen and oxygen atoms in total. The number of hydrogen-bond acceptors (Lipinski definition) is 4. The minimum absolute atomic E-state index is 0. The Kier molecular flexibility index (Phi) is 75.5. The van der Waals surface area contributed by atoms with Crippen molar-refractivity contribution in [1.29, 1.82) is 0 Å². The van der Waals surface area contributed by atoms with Crippen LogP contribution in [0.5, 0.6) is 0 Å². The first-order chi connectivity index (χ1) is 22.4. The normalized spacial score (nSPS) is 12.7. The van der Waals surface area contributed by atoms with Gasteiger partial charge in [0.2, 0.25) is 0 Å².